The third-order valence-electron chi connectivity index (χ3n) is 4.95. The molecular weight excluding hydrogens is 388 g/mol. The number of nitrogens with one attached hydrogen (secondary N) is 1. The lowest BCUT2D eigenvalue weighted by atomic mass is 10.2. The van der Waals surface area contributed by atoms with Crippen LogP contribution >= 0.6 is 12.2 Å². The molecule has 0 bridgehead atoms. The summed E-state index contributed by atoms with van der Waals surface area (Å²) < 4.78 is 37.1. The first-order valence-corrected chi connectivity index (χ1v) is 11.3. The van der Waals surface area contributed by atoms with Gasteiger partial charge in [0.1, 0.15) is 5.82 Å². The van der Waals surface area contributed by atoms with Gasteiger partial charge < -0.3 is 4.74 Å². The van der Waals surface area contributed by atoms with Crippen molar-refractivity contribution >= 4 is 22.4 Å². The monoisotopic (exact) mass is 418 g/mol. The van der Waals surface area contributed by atoms with Crippen molar-refractivity contribution in [2.75, 3.05) is 39.3 Å². The van der Waals surface area contributed by atoms with Crippen LogP contribution in [-0.4, -0.2) is 88.2 Å². The number of morpholine rings is 1. The lowest BCUT2D eigenvalue weighted by molar-refractivity contribution is -0.0458. The Morgan fingerprint density at radius 2 is 1.74 bits per heavy atom. The molecule has 2 aliphatic heterocycles. The molecule has 9 nitrogen and oxygen atoms in total. The summed E-state index contributed by atoms with van der Waals surface area (Å²) in [6.45, 7) is 11.6. The molecule has 2 atom stereocenters. The molecule has 1 N–H and O–H groups in total. The van der Waals surface area contributed by atoms with Gasteiger partial charge >= 0.3 is 0 Å². The van der Waals surface area contributed by atoms with Gasteiger partial charge in [0.2, 0.25) is 4.77 Å². The van der Waals surface area contributed by atoms with Crippen molar-refractivity contribution in [2.45, 2.75) is 52.5 Å². The Labute approximate surface area is 166 Å². The fourth-order valence-electron chi connectivity index (χ4n) is 3.51. The van der Waals surface area contributed by atoms with E-state index in [4.69, 9.17) is 17.0 Å². The molecule has 11 heteroatoms. The van der Waals surface area contributed by atoms with E-state index < -0.39 is 10.2 Å². The van der Waals surface area contributed by atoms with Gasteiger partial charge in [0, 0.05) is 45.2 Å². The maximum absolute atomic E-state index is 13.0. The van der Waals surface area contributed by atoms with Gasteiger partial charge in [-0.15, -0.1) is 0 Å². The fourth-order valence-corrected chi connectivity index (χ4v) is 5.46. The maximum atomic E-state index is 13.0. The number of ether oxygens (including phenoxy) is 1. The van der Waals surface area contributed by atoms with Crippen LogP contribution in [0.5, 0.6) is 0 Å². The molecule has 154 valence electrons. The molecule has 3 rings (SSSR count). The van der Waals surface area contributed by atoms with E-state index in [1.54, 1.807) is 8.61 Å². The minimum atomic E-state index is -3.45. The van der Waals surface area contributed by atoms with Crippen LogP contribution in [-0.2, 0) is 21.6 Å². The second-order valence-corrected chi connectivity index (χ2v) is 10.0. The summed E-state index contributed by atoms with van der Waals surface area (Å²) in [6.07, 6.45) is -0.163. The molecular formula is C16H30N6O3S2. The molecule has 1 aromatic heterocycles. The Hall–Kier alpha value is -0.850. The van der Waals surface area contributed by atoms with Crippen molar-refractivity contribution in [2.24, 2.45) is 0 Å². The van der Waals surface area contributed by atoms with Crippen LogP contribution in [0.1, 0.15) is 39.4 Å². The minimum Gasteiger partial charge on any atom is -0.373 e. The molecule has 0 radical (unpaired) electrons. The summed E-state index contributed by atoms with van der Waals surface area (Å²) in [6, 6.07) is 0. The second-order valence-electron chi connectivity index (χ2n) is 7.71. The van der Waals surface area contributed by atoms with E-state index in [-0.39, 0.29) is 18.1 Å². The second kappa shape index (κ2) is 8.26. The molecule has 0 amide bonds. The van der Waals surface area contributed by atoms with Gasteiger partial charge in [-0.25, -0.2) is 9.67 Å². The van der Waals surface area contributed by atoms with Crippen molar-refractivity contribution in [3.8, 4) is 0 Å². The molecule has 27 heavy (non-hydrogen) atoms. The highest BCUT2D eigenvalue weighted by Crippen LogP contribution is 2.19. The van der Waals surface area contributed by atoms with Crippen molar-refractivity contribution < 1.29 is 13.2 Å². The lowest BCUT2D eigenvalue weighted by Gasteiger charge is -2.40. The smallest absolute Gasteiger partial charge is 0.282 e. The minimum absolute atomic E-state index is 0.0813. The molecule has 2 fully saturated rings. The lowest BCUT2D eigenvalue weighted by Crippen LogP contribution is -2.57. The number of H-pyrrole nitrogens is 1. The van der Waals surface area contributed by atoms with E-state index in [9.17, 15) is 8.42 Å². The van der Waals surface area contributed by atoms with Gasteiger partial charge in [-0.2, -0.15) is 17.0 Å². The molecule has 2 saturated heterocycles. The van der Waals surface area contributed by atoms with E-state index in [2.05, 4.69) is 28.8 Å². The van der Waals surface area contributed by atoms with Crippen LogP contribution in [0.15, 0.2) is 0 Å². The number of aromatic amines is 1. The SMILES string of the molecule is CC(C)c1nc(=S)n(CN2CCN(S(=O)(=O)N3C[C@@H](C)O[C@H](C)C3)CC2)[nH]1. The van der Waals surface area contributed by atoms with E-state index in [1.165, 1.54) is 0 Å². The maximum Gasteiger partial charge on any atom is 0.282 e. The summed E-state index contributed by atoms with van der Waals surface area (Å²) in [5.74, 6) is 1.16. The summed E-state index contributed by atoms with van der Waals surface area (Å²) >= 11 is 5.32. The van der Waals surface area contributed by atoms with Crippen LogP contribution < -0.4 is 0 Å². The summed E-state index contributed by atoms with van der Waals surface area (Å²) in [5.41, 5.74) is 0. The average molecular weight is 419 g/mol. The Bertz CT molecular complexity index is 787. The van der Waals surface area contributed by atoms with Gasteiger partial charge in [-0.3, -0.25) is 10.00 Å². The van der Waals surface area contributed by atoms with Gasteiger partial charge in [0.05, 0.1) is 18.9 Å². The number of hydrogen-bond acceptors (Lipinski definition) is 6. The van der Waals surface area contributed by atoms with Gasteiger partial charge in [-0.05, 0) is 26.1 Å². The first-order chi connectivity index (χ1) is 12.7. The highest BCUT2D eigenvalue weighted by molar-refractivity contribution is 7.86. The predicted octanol–water partition coefficient (Wildman–Crippen LogP) is 0.993. The zero-order valence-corrected chi connectivity index (χ0v) is 18.1. The molecule has 2 aliphatic rings. The Balaban J connectivity index is 1.59. The number of hydrogen-bond donors (Lipinski definition) is 1. The molecule has 0 spiro atoms. The third-order valence-corrected chi connectivity index (χ3v) is 7.23. The number of aromatic nitrogens is 3. The van der Waals surface area contributed by atoms with Crippen LogP contribution in [0.25, 0.3) is 0 Å². The van der Waals surface area contributed by atoms with Crippen LogP contribution in [0, 0.1) is 4.77 Å². The molecule has 1 aromatic rings. The van der Waals surface area contributed by atoms with E-state index in [0.717, 1.165) is 5.82 Å². The van der Waals surface area contributed by atoms with Crippen LogP contribution in [0.4, 0.5) is 0 Å². The first-order valence-electron chi connectivity index (χ1n) is 9.46. The highest BCUT2D eigenvalue weighted by Gasteiger charge is 2.36. The van der Waals surface area contributed by atoms with Crippen molar-refractivity contribution in [3.63, 3.8) is 0 Å². The zero-order chi connectivity index (χ0) is 19.8. The Kier molecular flexibility index (Phi) is 6.38. The zero-order valence-electron chi connectivity index (χ0n) is 16.5. The molecule has 0 unspecified atom stereocenters. The Morgan fingerprint density at radius 3 is 2.26 bits per heavy atom. The summed E-state index contributed by atoms with van der Waals surface area (Å²) in [5, 5.41) is 3.24. The predicted molar refractivity (Wildman–Crippen MR) is 105 cm³/mol. The van der Waals surface area contributed by atoms with Crippen molar-refractivity contribution in [1.29, 1.82) is 0 Å². The quantitative estimate of drug-likeness (QED) is 0.718. The Morgan fingerprint density at radius 1 is 1.15 bits per heavy atom. The standard InChI is InChI=1S/C16H30N6O3S2/c1-12(2)15-17-16(26)22(18-15)11-19-5-7-20(8-6-19)27(23,24)21-9-13(3)25-14(4)10-21/h12-14H,5-11H2,1-4H3,(H,17,18,26)/t13-,14-/m1/s1. The van der Waals surface area contributed by atoms with Crippen LogP contribution in [0.3, 0.4) is 0 Å². The largest absolute Gasteiger partial charge is 0.373 e. The van der Waals surface area contributed by atoms with Crippen molar-refractivity contribution in [1.82, 2.24) is 28.3 Å². The van der Waals surface area contributed by atoms with Crippen molar-refractivity contribution in [3.05, 3.63) is 10.6 Å². The van der Waals surface area contributed by atoms with Gasteiger partial charge in [0.25, 0.3) is 10.2 Å². The topological polar surface area (TPSA) is 86.7 Å². The number of rotatable bonds is 5. The summed E-state index contributed by atoms with van der Waals surface area (Å²) in [7, 11) is -3.45. The van der Waals surface area contributed by atoms with E-state index in [0.29, 0.717) is 50.7 Å². The van der Waals surface area contributed by atoms with E-state index in [1.807, 2.05) is 18.5 Å². The number of nitrogens with zero attached hydrogens (tertiary/aromatic N) is 5. The normalized spacial score (nSPS) is 26.7. The number of piperazine rings is 1. The fraction of sp³-hybridized carbons (Fsp3) is 0.875. The molecule has 0 saturated carbocycles. The summed E-state index contributed by atoms with van der Waals surface area (Å²) in [4.78, 5) is 6.57. The van der Waals surface area contributed by atoms with E-state index >= 15 is 0 Å². The molecule has 3 heterocycles. The average Bonchev–Trinajstić information content (AvgIpc) is 2.95. The first kappa shape index (κ1) is 20.9. The highest BCUT2D eigenvalue weighted by atomic mass is 32.2. The van der Waals surface area contributed by atoms with Crippen LogP contribution in [0.2, 0.25) is 0 Å². The van der Waals surface area contributed by atoms with Gasteiger partial charge in [-0.1, -0.05) is 13.8 Å². The third kappa shape index (κ3) is 4.77. The molecule has 0 aromatic carbocycles. The van der Waals surface area contributed by atoms with Gasteiger partial charge in [0.15, 0.2) is 0 Å². The molecule has 0 aliphatic carbocycles.